The fraction of sp³-hybridized carbons (Fsp3) is 0.810. The van der Waals surface area contributed by atoms with Gasteiger partial charge in [0, 0.05) is 12.8 Å². The molecule has 0 radical (unpaired) electrons. The van der Waals surface area contributed by atoms with Crippen LogP contribution in [0.3, 0.4) is 0 Å². The first kappa shape index (κ1) is 28.8. The first-order valence-electron chi connectivity index (χ1n) is 10.9. The third-order valence-corrected chi connectivity index (χ3v) is 4.86. The van der Waals surface area contributed by atoms with Gasteiger partial charge in [-0.25, -0.2) is 4.57 Å². The molecule has 176 valence electrons. The Morgan fingerprint density at radius 3 is 2.13 bits per heavy atom. The molecule has 0 aliphatic rings. The van der Waals surface area contributed by atoms with E-state index in [0.717, 1.165) is 51.4 Å². The fourth-order valence-electron chi connectivity index (χ4n) is 2.72. The van der Waals surface area contributed by atoms with Crippen LogP contribution >= 0.6 is 7.82 Å². The second kappa shape index (κ2) is 18.6. The van der Waals surface area contributed by atoms with E-state index in [2.05, 4.69) is 17.5 Å². The Kier molecular flexibility index (Phi) is 17.8. The maximum atomic E-state index is 12.0. The molecule has 0 aromatic rings. The number of ether oxygens (including phenoxy) is 2. The molecule has 0 amide bonds. The van der Waals surface area contributed by atoms with E-state index in [1.165, 1.54) is 0 Å². The number of allylic oxidation sites excluding steroid dienone is 2. The van der Waals surface area contributed by atoms with Gasteiger partial charge in [-0.1, -0.05) is 57.6 Å². The maximum absolute atomic E-state index is 12.0. The lowest BCUT2D eigenvalue weighted by molar-refractivity contribution is -0.161. The predicted molar refractivity (Wildman–Crippen MR) is 115 cm³/mol. The normalized spacial score (nSPS) is 12.8. The monoisotopic (exact) mass is 450 g/mol. The quantitative estimate of drug-likeness (QED) is 0.124. The highest BCUT2D eigenvalue weighted by Crippen LogP contribution is 2.35. The van der Waals surface area contributed by atoms with Crippen molar-refractivity contribution < 1.29 is 37.9 Å². The summed E-state index contributed by atoms with van der Waals surface area (Å²) in [7, 11) is -4.71. The topological polar surface area (TPSA) is 119 Å². The van der Waals surface area contributed by atoms with Crippen LogP contribution in [0, 0.1) is 0 Å². The van der Waals surface area contributed by atoms with Gasteiger partial charge >= 0.3 is 19.8 Å². The Morgan fingerprint density at radius 1 is 0.900 bits per heavy atom. The molecule has 0 aliphatic heterocycles. The Labute approximate surface area is 180 Å². The van der Waals surface area contributed by atoms with Gasteiger partial charge in [0.25, 0.3) is 0 Å². The van der Waals surface area contributed by atoms with Gasteiger partial charge in [0.1, 0.15) is 6.61 Å². The molecule has 0 aromatic carbocycles. The van der Waals surface area contributed by atoms with Crippen LogP contribution in [-0.2, 0) is 28.2 Å². The van der Waals surface area contributed by atoms with Crippen molar-refractivity contribution in [3.8, 4) is 0 Å². The van der Waals surface area contributed by atoms with E-state index in [9.17, 15) is 14.2 Å². The molecule has 0 aliphatic carbocycles. The summed E-state index contributed by atoms with van der Waals surface area (Å²) in [5, 5.41) is 0. The Morgan fingerprint density at radius 2 is 1.50 bits per heavy atom. The molecule has 30 heavy (non-hydrogen) atoms. The van der Waals surface area contributed by atoms with Gasteiger partial charge in [0.15, 0.2) is 6.10 Å². The van der Waals surface area contributed by atoms with Gasteiger partial charge in [-0.3, -0.25) is 14.1 Å². The Bertz CT molecular complexity index is 529. The van der Waals surface area contributed by atoms with E-state index in [4.69, 9.17) is 19.3 Å². The zero-order chi connectivity index (χ0) is 22.7. The number of phosphoric acid groups is 1. The van der Waals surface area contributed by atoms with Crippen molar-refractivity contribution in [1.82, 2.24) is 0 Å². The Balaban J connectivity index is 4.21. The number of esters is 2. The molecule has 0 aromatic heterocycles. The van der Waals surface area contributed by atoms with E-state index in [0.29, 0.717) is 12.8 Å². The molecule has 0 spiro atoms. The first-order chi connectivity index (χ1) is 14.3. The second-order valence-electron chi connectivity index (χ2n) is 7.27. The number of phosphoric ester groups is 1. The molecule has 0 bridgehead atoms. The Hall–Kier alpha value is -1.21. The van der Waals surface area contributed by atoms with Gasteiger partial charge in [-0.2, -0.15) is 0 Å². The van der Waals surface area contributed by atoms with Gasteiger partial charge in [-0.05, 0) is 32.6 Å². The van der Waals surface area contributed by atoms with E-state index in [1.807, 2.05) is 13.0 Å². The standard InChI is InChI=1S/C21H39O8P/c1-3-5-7-9-10-11-12-14-16-21(23)29-19(18-28-30(24,25)26)17-27-20(22)15-13-8-6-4-2/h3,5,19H,4,6-18H2,1-2H3,(H2,24,25,26)/b5-3+/t19-/m0/s1. The molecule has 0 saturated carbocycles. The number of hydrogen-bond acceptors (Lipinski definition) is 6. The predicted octanol–water partition coefficient (Wildman–Crippen LogP) is 4.83. The van der Waals surface area contributed by atoms with Crippen molar-refractivity contribution in [2.75, 3.05) is 13.2 Å². The summed E-state index contributed by atoms with van der Waals surface area (Å²) in [6.45, 7) is 3.25. The number of rotatable bonds is 19. The molecule has 9 heteroatoms. The third-order valence-electron chi connectivity index (χ3n) is 4.38. The largest absolute Gasteiger partial charge is 0.469 e. The van der Waals surface area contributed by atoms with Gasteiger partial charge in [-0.15, -0.1) is 0 Å². The molecule has 1 atom stereocenters. The number of hydrogen-bond donors (Lipinski definition) is 2. The summed E-state index contributed by atoms with van der Waals surface area (Å²) in [6.07, 6.45) is 13.2. The zero-order valence-corrected chi connectivity index (χ0v) is 19.3. The van der Waals surface area contributed by atoms with Crippen LogP contribution in [-0.4, -0.2) is 41.0 Å². The third kappa shape index (κ3) is 20.1. The van der Waals surface area contributed by atoms with E-state index in [1.54, 1.807) is 0 Å². The highest BCUT2D eigenvalue weighted by atomic mass is 31.2. The van der Waals surface area contributed by atoms with Gasteiger partial charge < -0.3 is 19.3 Å². The lowest BCUT2D eigenvalue weighted by Gasteiger charge is -2.18. The van der Waals surface area contributed by atoms with E-state index in [-0.39, 0.29) is 19.4 Å². The van der Waals surface area contributed by atoms with Crippen LogP contribution in [0.2, 0.25) is 0 Å². The summed E-state index contributed by atoms with van der Waals surface area (Å²) in [4.78, 5) is 41.5. The summed E-state index contributed by atoms with van der Waals surface area (Å²) in [5.74, 6) is -0.927. The van der Waals surface area contributed by atoms with Crippen LogP contribution in [0.25, 0.3) is 0 Å². The van der Waals surface area contributed by atoms with Gasteiger partial charge in [0.05, 0.1) is 6.61 Å². The van der Waals surface area contributed by atoms with Crippen LogP contribution in [0.5, 0.6) is 0 Å². The fourth-order valence-corrected chi connectivity index (χ4v) is 3.08. The molecule has 0 saturated heterocycles. The van der Waals surface area contributed by atoms with Crippen molar-refractivity contribution in [3.63, 3.8) is 0 Å². The van der Waals surface area contributed by atoms with E-state index < -0.39 is 32.5 Å². The van der Waals surface area contributed by atoms with Crippen LogP contribution in [0.1, 0.15) is 90.9 Å². The molecule has 0 fully saturated rings. The molecular formula is C21H39O8P. The van der Waals surface area contributed by atoms with Crippen molar-refractivity contribution in [2.45, 2.75) is 97.0 Å². The summed E-state index contributed by atoms with van der Waals surface area (Å²) >= 11 is 0. The van der Waals surface area contributed by atoms with Crippen LogP contribution in [0.15, 0.2) is 12.2 Å². The van der Waals surface area contributed by atoms with Crippen molar-refractivity contribution in [1.29, 1.82) is 0 Å². The molecule has 2 N–H and O–H groups in total. The SMILES string of the molecule is C/C=C/CCCCCCCC(=O)O[C@@H](COC(=O)CCCCCC)COP(=O)(O)O. The van der Waals surface area contributed by atoms with Crippen LogP contribution < -0.4 is 0 Å². The van der Waals surface area contributed by atoms with Crippen molar-refractivity contribution >= 4 is 19.8 Å². The molecule has 0 rings (SSSR count). The number of carbonyl (C=O) groups excluding carboxylic acids is 2. The number of carbonyl (C=O) groups is 2. The van der Waals surface area contributed by atoms with Gasteiger partial charge in [0.2, 0.25) is 0 Å². The lowest BCUT2D eigenvalue weighted by atomic mass is 10.1. The molecular weight excluding hydrogens is 411 g/mol. The highest BCUT2D eigenvalue weighted by Gasteiger charge is 2.22. The zero-order valence-electron chi connectivity index (χ0n) is 18.4. The maximum Gasteiger partial charge on any atom is 0.469 e. The average Bonchev–Trinajstić information content (AvgIpc) is 2.68. The summed E-state index contributed by atoms with van der Waals surface area (Å²) < 4.78 is 25.6. The second-order valence-corrected chi connectivity index (χ2v) is 8.51. The smallest absolute Gasteiger partial charge is 0.462 e. The molecule has 8 nitrogen and oxygen atoms in total. The number of unbranched alkanes of at least 4 members (excludes halogenated alkanes) is 8. The molecule has 0 heterocycles. The minimum Gasteiger partial charge on any atom is -0.462 e. The average molecular weight is 451 g/mol. The first-order valence-corrected chi connectivity index (χ1v) is 12.5. The summed E-state index contributed by atoms with van der Waals surface area (Å²) in [5.41, 5.74) is 0. The highest BCUT2D eigenvalue weighted by molar-refractivity contribution is 7.46. The summed E-state index contributed by atoms with van der Waals surface area (Å²) in [6, 6.07) is 0. The van der Waals surface area contributed by atoms with Crippen molar-refractivity contribution in [2.24, 2.45) is 0 Å². The minimum atomic E-state index is -4.71. The molecule has 0 unspecified atom stereocenters. The van der Waals surface area contributed by atoms with Crippen molar-refractivity contribution in [3.05, 3.63) is 12.2 Å². The van der Waals surface area contributed by atoms with E-state index >= 15 is 0 Å². The minimum absolute atomic E-state index is 0.201. The van der Waals surface area contributed by atoms with Crippen LogP contribution in [0.4, 0.5) is 0 Å². The lowest BCUT2D eigenvalue weighted by Crippen LogP contribution is -2.29.